The van der Waals surface area contributed by atoms with Crippen LogP contribution in [0.1, 0.15) is 21.1 Å². The molecular formula is C19H17N5OS. The Kier molecular flexibility index (Phi) is 4.45. The molecule has 4 heterocycles. The summed E-state index contributed by atoms with van der Waals surface area (Å²) in [4.78, 5) is 26.4. The van der Waals surface area contributed by atoms with Crippen molar-refractivity contribution in [3.63, 3.8) is 0 Å². The standard InChI is InChI=1S/C19H17N5OS/c1-13-17(26-19(22-13)15-6-2-4-9-20-15)18(25)21-10-8-14-12-24-11-5-3-7-16(24)23-14/h2-7,9,11-12H,8,10H2,1H3,(H,21,25). The highest BCUT2D eigenvalue weighted by Crippen LogP contribution is 2.26. The molecule has 1 amide bonds. The van der Waals surface area contributed by atoms with E-state index >= 15 is 0 Å². The van der Waals surface area contributed by atoms with Crippen LogP contribution in [0.2, 0.25) is 0 Å². The van der Waals surface area contributed by atoms with Crippen molar-refractivity contribution in [3.8, 4) is 10.7 Å². The molecule has 0 aromatic carbocycles. The van der Waals surface area contributed by atoms with Gasteiger partial charge in [-0.15, -0.1) is 11.3 Å². The molecule has 4 rings (SSSR count). The molecule has 0 atom stereocenters. The number of hydrogen-bond acceptors (Lipinski definition) is 5. The third-order valence-electron chi connectivity index (χ3n) is 3.97. The van der Waals surface area contributed by atoms with E-state index in [4.69, 9.17) is 0 Å². The first-order valence-corrected chi connectivity index (χ1v) is 9.12. The first-order valence-electron chi connectivity index (χ1n) is 8.30. The number of carbonyl (C=O) groups is 1. The number of pyridine rings is 2. The Bertz CT molecular complexity index is 1020. The largest absolute Gasteiger partial charge is 0.351 e. The maximum Gasteiger partial charge on any atom is 0.263 e. The van der Waals surface area contributed by atoms with Gasteiger partial charge in [0.2, 0.25) is 0 Å². The minimum atomic E-state index is -0.106. The summed E-state index contributed by atoms with van der Waals surface area (Å²) in [5.41, 5.74) is 3.36. The highest BCUT2D eigenvalue weighted by Gasteiger charge is 2.16. The van der Waals surface area contributed by atoms with Crippen molar-refractivity contribution in [3.05, 3.63) is 71.3 Å². The molecule has 6 nitrogen and oxygen atoms in total. The summed E-state index contributed by atoms with van der Waals surface area (Å²) in [6.45, 7) is 2.37. The Balaban J connectivity index is 1.41. The highest BCUT2D eigenvalue weighted by molar-refractivity contribution is 7.17. The monoisotopic (exact) mass is 363 g/mol. The van der Waals surface area contributed by atoms with E-state index in [9.17, 15) is 4.79 Å². The number of carbonyl (C=O) groups excluding carboxylic acids is 1. The lowest BCUT2D eigenvalue weighted by Gasteiger charge is -2.02. The topological polar surface area (TPSA) is 72.2 Å². The second-order valence-electron chi connectivity index (χ2n) is 5.85. The SMILES string of the molecule is Cc1nc(-c2ccccn2)sc1C(=O)NCCc1cn2ccccc2n1. The summed E-state index contributed by atoms with van der Waals surface area (Å²) in [7, 11) is 0. The van der Waals surface area contributed by atoms with E-state index in [0.29, 0.717) is 17.8 Å². The van der Waals surface area contributed by atoms with Gasteiger partial charge in [-0.3, -0.25) is 9.78 Å². The van der Waals surface area contributed by atoms with Crippen molar-refractivity contribution in [2.45, 2.75) is 13.3 Å². The fraction of sp³-hybridized carbons (Fsp3) is 0.158. The summed E-state index contributed by atoms with van der Waals surface area (Å²) in [6, 6.07) is 11.5. The number of rotatable bonds is 5. The fourth-order valence-corrected chi connectivity index (χ4v) is 3.66. The Morgan fingerprint density at radius 3 is 2.88 bits per heavy atom. The second kappa shape index (κ2) is 7.05. The molecule has 7 heteroatoms. The Labute approximate surface area is 154 Å². The molecule has 0 unspecified atom stereocenters. The minimum absolute atomic E-state index is 0.106. The van der Waals surface area contributed by atoms with Crippen LogP contribution in [0.25, 0.3) is 16.3 Å². The van der Waals surface area contributed by atoms with E-state index in [2.05, 4.69) is 20.3 Å². The predicted octanol–water partition coefficient (Wildman–Crippen LogP) is 3.13. The molecule has 0 saturated heterocycles. The molecule has 0 spiro atoms. The van der Waals surface area contributed by atoms with Crippen LogP contribution in [0.5, 0.6) is 0 Å². The summed E-state index contributed by atoms with van der Waals surface area (Å²) in [5, 5.41) is 3.72. The van der Waals surface area contributed by atoms with E-state index in [1.165, 1.54) is 11.3 Å². The van der Waals surface area contributed by atoms with Gasteiger partial charge >= 0.3 is 0 Å². The van der Waals surface area contributed by atoms with Crippen molar-refractivity contribution < 1.29 is 4.79 Å². The summed E-state index contributed by atoms with van der Waals surface area (Å²) in [6.07, 6.45) is 6.35. The van der Waals surface area contributed by atoms with Gasteiger partial charge in [0.1, 0.15) is 15.5 Å². The van der Waals surface area contributed by atoms with E-state index in [1.807, 2.05) is 60.1 Å². The Hall–Kier alpha value is -3.06. The molecule has 0 aliphatic heterocycles. The number of imidazole rings is 1. The van der Waals surface area contributed by atoms with Gasteiger partial charge in [-0.1, -0.05) is 12.1 Å². The molecule has 0 bridgehead atoms. The molecule has 4 aromatic rings. The van der Waals surface area contributed by atoms with E-state index < -0.39 is 0 Å². The number of hydrogen-bond donors (Lipinski definition) is 1. The van der Waals surface area contributed by atoms with Gasteiger partial charge in [0.15, 0.2) is 0 Å². The van der Waals surface area contributed by atoms with Crippen LogP contribution in [0.15, 0.2) is 55.0 Å². The van der Waals surface area contributed by atoms with Gasteiger partial charge in [0.05, 0.1) is 17.1 Å². The minimum Gasteiger partial charge on any atom is -0.351 e. The van der Waals surface area contributed by atoms with Gasteiger partial charge in [-0.25, -0.2) is 9.97 Å². The van der Waals surface area contributed by atoms with Gasteiger partial charge in [-0.2, -0.15) is 0 Å². The zero-order valence-electron chi connectivity index (χ0n) is 14.2. The number of nitrogens with one attached hydrogen (secondary N) is 1. The van der Waals surface area contributed by atoms with Gasteiger partial charge < -0.3 is 9.72 Å². The molecular weight excluding hydrogens is 346 g/mol. The number of fused-ring (bicyclic) bond motifs is 1. The van der Waals surface area contributed by atoms with Crippen molar-refractivity contribution >= 4 is 22.9 Å². The van der Waals surface area contributed by atoms with Crippen molar-refractivity contribution in [2.75, 3.05) is 6.54 Å². The van der Waals surface area contributed by atoms with E-state index in [-0.39, 0.29) is 5.91 Å². The van der Waals surface area contributed by atoms with Crippen LogP contribution < -0.4 is 5.32 Å². The average molecular weight is 363 g/mol. The first-order chi connectivity index (χ1) is 12.7. The number of aromatic nitrogens is 4. The van der Waals surface area contributed by atoms with Crippen LogP contribution in [0.3, 0.4) is 0 Å². The third-order valence-corrected chi connectivity index (χ3v) is 5.15. The van der Waals surface area contributed by atoms with E-state index in [1.54, 1.807) is 6.20 Å². The summed E-state index contributed by atoms with van der Waals surface area (Å²) >= 11 is 1.37. The zero-order valence-corrected chi connectivity index (χ0v) is 15.0. The lowest BCUT2D eigenvalue weighted by molar-refractivity contribution is 0.0957. The Morgan fingerprint density at radius 1 is 1.19 bits per heavy atom. The fourth-order valence-electron chi connectivity index (χ4n) is 2.70. The van der Waals surface area contributed by atoms with Crippen molar-refractivity contribution in [2.24, 2.45) is 0 Å². The van der Waals surface area contributed by atoms with Crippen LogP contribution in [-0.4, -0.2) is 31.8 Å². The lowest BCUT2D eigenvalue weighted by atomic mass is 10.3. The van der Waals surface area contributed by atoms with Crippen molar-refractivity contribution in [1.29, 1.82) is 0 Å². The van der Waals surface area contributed by atoms with E-state index in [0.717, 1.165) is 27.7 Å². The molecule has 0 aliphatic carbocycles. The summed E-state index contributed by atoms with van der Waals surface area (Å²) in [5.74, 6) is -0.106. The van der Waals surface area contributed by atoms with Crippen molar-refractivity contribution in [1.82, 2.24) is 24.7 Å². The predicted molar refractivity (Wildman–Crippen MR) is 101 cm³/mol. The maximum absolute atomic E-state index is 12.5. The lowest BCUT2D eigenvalue weighted by Crippen LogP contribution is -2.25. The van der Waals surface area contributed by atoms with Gasteiger partial charge in [0.25, 0.3) is 5.91 Å². The molecule has 0 saturated carbocycles. The maximum atomic E-state index is 12.5. The molecule has 26 heavy (non-hydrogen) atoms. The summed E-state index contributed by atoms with van der Waals surface area (Å²) < 4.78 is 1.98. The molecule has 1 N–H and O–H groups in total. The molecule has 130 valence electrons. The first kappa shape index (κ1) is 16.4. The average Bonchev–Trinajstić information content (AvgIpc) is 3.25. The number of nitrogens with zero attached hydrogens (tertiary/aromatic N) is 4. The second-order valence-corrected chi connectivity index (χ2v) is 6.85. The number of amides is 1. The normalized spacial score (nSPS) is 11.0. The third kappa shape index (κ3) is 3.34. The van der Waals surface area contributed by atoms with Crippen LogP contribution in [-0.2, 0) is 6.42 Å². The van der Waals surface area contributed by atoms with Gasteiger partial charge in [0, 0.05) is 31.6 Å². The number of aryl methyl sites for hydroxylation is 1. The highest BCUT2D eigenvalue weighted by atomic mass is 32.1. The van der Waals surface area contributed by atoms with Crippen LogP contribution in [0, 0.1) is 6.92 Å². The Morgan fingerprint density at radius 2 is 2.08 bits per heavy atom. The smallest absolute Gasteiger partial charge is 0.263 e. The molecule has 4 aromatic heterocycles. The van der Waals surface area contributed by atoms with Crippen LogP contribution in [0.4, 0.5) is 0 Å². The quantitative estimate of drug-likeness (QED) is 0.591. The zero-order chi connectivity index (χ0) is 17.9. The number of thiazole rings is 1. The molecule has 0 aliphatic rings. The van der Waals surface area contributed by atoms with Gasteiger partial charge in [-0.05, 0) is 31.2 Å². The van der Waals surface area contributed by atoms with Crippen LogP contribution >= 0.6 is 11.3 Å². The molecule has 0 fully saturated rings. The molecule has 0 radical (unpaired) electrons.